The topological polar surface area (TPSA) is 85.2 Å². The maximum Gasteiger partial charge on any atom is 0.166 e. The molecule has 294 valence electrons. The summed E-state index contributed by atoms with van der Waals surface area (Å²) in [7, 11) is 0. The molecule has 62 heavy (non-hydrogen) atoms. The Hall–Kier alpha value is -8.21. The number of hydrogen-bond acceptors (Lipinski definition) is 5. The maximum atomic E-state index is 10.9. The van der Waals surface area contributed by atoms with Gasteiger partial charge in [-0.3, -0.25) is 4.98 Å². The van der Waals surface area contributed by atoms with Crippen molar-refractivity contribution in [2.45, 2.75) is 26.2 Å². The zero-order valence-corrected chi connectivity index (χ0v) is 34.5. The largest absolute Gasteiger partial charge is 0.309 e. The average Bonchev–Trinajstić information content (AvgIpc) is 3.83. The molecule has 4 aromatic heterocycles. The Balaban J connectivity index is 1.31. The average molecular weight is 798 g/mol. The molecule has 11 rings (SSSR count). The quantitative estimate of drug-likeness (QED) is 0.167. The Labute approximate surface area is 358 Å². The summed E-state index contributed by atoms with van der Waals surface area (Å²) in [6.45, 7) is 6.74. The summed E-state index contributed by atoms with van der Waals surface area (Å²) in [5.74, 6) is 1.52. The fourth-order valence-electron chi connectivity index (χ4n) is 8.90. The van der Waals surface area contributed by atoms with E-state index in [1.807, 2.05) is 85.2 Å². The molecular formula is C55H39N7. The Morgan fingerprint density at radius 3 is 1.55 bits per heavy atom. The van der Waals surface area contributed by atoms with Crippen molar-refractivity contribution in [2.75, 3.05) is 0 Å². The van der Waals surface area contributed by atoms with Crippen molar-refractivity contribution in [3.05, 3.63) is 193 Å². The van der Waals surface area contributed by atoms with Gasteiger partial charge < -0.3 is 9.13 Å². The Kier molecular flexibility index (Phi) is 8.62. The van der Waals surface area contributed by atoms with Gasteiger partial charge in [0.1, 0.15) is 0 Å². The Bertz CT molecular complexity index is 3460. The van der Waals surface area contributed by atoms with Crippen molar-refractivity contribution in [3.63, 3.8) is 0 Å². The van der Waals surface area contributed by atoms with Gasteiger partial charge in [0.05, 0.1) is 45.1 Å². The van der Waals surface area contributed by atoms with Gasteiger partial charge in [0, 0.05) is 61.8 Å². The second-order valence-electron chi connectivity index (χ2n) is 16.7. The van der Waals surface area contributed by atoms with Gasteiger partial charge in [-0.15, -0.1) is 0 Å². The van der Waals surface area contributed by atoms with Crippen molar-refractivity contribution in [2.24, 2.45) is 0 Å². The monoisotopic (exact) mass is 797 g/mol. The lowest BCUT2D eigenvalue weighted by atomic mass is 9.86. The summed E-state index contributed by atoms with van der Waals surface area (Å²) in [5, 5.41) is 15.5. The summed E-state index contributed by atoms with van der Waals surface area (Å²) in [5.41, 5.74) is 11.7. The highest BCUT2D eigenvalue weighted by Gasteiger charge is 2.27. The van der Waals surface area contributed by atoms with Gasteiger partial charge in [-0.05, 0) is 59.5 Å². The molecule has 0 aliphatic carbocycles. The van der Waals surface area contributed by atoms with Crippen LogP contribution < -0.4 is 0 Å². The number of fused-ring (bicyclic) bond motifs is 6. The van der Waals surface area contributed by atoms with Crippen molar-refractivity contribution < 1.29 is 0 Å². The van der Waals surface area contributed by atoms with Gasteiger partial charge in [-0.2, -0.15) is 5.26 Å². The summed E-state index contributed by atoms with van der Waals surface area (Å²) in [6, 6.07) is 60.9. The summed E-state index contributed by atoms with van der Waals surface area (Å²) < 4.78 is 4.65. The van der Waals surface area contributed by atoms with Gasteiger partial charge in [-0.25, -0.2) is 15.0 Å². The number of benzene rings is 7. The first-order chi connectivity index (χ1) is 30.4. The van der Waals surface area contributed by atoms with Crippen LogP contribution in [0.25, 0.3) is 100 Å². The minimum Gasteiger partial charge on any atom is -0.309 e. The molecule has 0 amide bonds. The molecule has 0 saturated carbocycles. The van der Waals surface area contributed by atoms with E-state index in [9.17, 15) is 5.26 Å². The number of hydrogen-bond donors (Lipinski definition) is 0. The normalized spacial score (nSPS) is 11.8. The number of aromatic nitrogens is 6. The lowest BCUT2D eigenvalue weighted by Gasteiger charge is -2.22. The highest BCUT2D eigenvalue weighted by atomic mass is 15.1. The second-order valence-corrected chi connectivity index (χ2v) is 16.7. The number of para-hydroxylation sites is 3. The standard InChI is InChI=1S/C55H39N7/c1-55(2,3)38-26-27-49-42(32-38)41-22-12-15-25-48(41)62(49)51-43(45-34-57-29-28-50(45)61-46-23-13-10-20-39(46)40-21-11-14-24-47(40)61)30-35(33-56)31-44(51)54-59-52(36-16-6-4-7-17-36)58-53(60-54)37-18-8-5-9-19-37/h4-32,34H,1-3H3. The molecule has 7 heteroatoms. The molecule has 0 aliphatic rings. The van der Waals surface area contributed by atoms with Crippen LogP contribution in [0.1, 0.15) is 31.9 Å². The molecule has 11 aromatic rings. The fourth-order valence-corrected chi connectivity index (χ4v) is 8.90. The molecule has 0 bridgehead atoms. The molecule has 0 N–H and O–H groups in total. The van der Waals surface area contributed by atoms with Crippen LogP contribution in [0.3, 0.4) is 0 Å². The van der Waals surface area contributed by atoms with E-state index < -0.39 is 0 Å². The van der Waals surface area contributed by atoms with Gasteiger partial charge in [0.2, 0.25) is 0 Å². The first-order valence-electron chi connectivity index (χ1n) is 20.8. The number of rotatable bonds is 6. The van der Waals surface area contributed by atoms with Crippen molar-refractivity contribution >= 4 is 43.6 Å². The van der Waals surface area contributed by atoms with E-state index in [1.165, 1.54) is 5.56 Å². The third-order valence-corrected chi connectivity index (χ3v) is 11.9. The van der Waals surface area contributed by atoms with Gasteiger partial charge in [0.25, 0.3) is 0 Å². The fraction of sp³-hybridized carbons (Fsp3) is 0.0727. The minimum atomic E-state index is -0.0678. The molecule has 0 atom stereocenters. The lowest BCUT2D eigenvalue weighted by molar-refractivity contribution is 0.591. The van der Waals surface area contributed by atoms with E-state index >= 15 is 0 Å². The molecule has 0 saturated heterocycles. The van der Waals surface area contributed by atoms with Crippen LogP contribution in [0.4, 0.5) is 0 Å². The molecule has 7 aromatic carbocycles. The van der Waals surface area contributed by atoms with E-state index in [1.54, 1.807) is 0 Å². The molecule has 4 heterocycles. The van der Waals surface area contributed by atoms with Gasteiger partial charge in [-0.1, -0.05) is 142 Å². The molecule has 0 aliphatic heterocycles. The summed E-state index contributed by atoms with van der Waals surface area (Å²) in [6.07, 6.45) is 3.77. The Morgan fingerprint density at radius 1 is 0.468 bits per heavy atom. The van der Waals surface area contributed by atoms with E-state index in [0.29, 0.717) is 28.6 Å². The SMILES string of the molecule is CC(C)(C)c1ccc2c(c1)c1ccccc1n2-c1c(-c2nc(-c3ccccc3)nc(-c3ccccc3)n2)cc(C#N)cc1-c1cnccc1-n1c2ccccc2c2ccccc21. The van der Waals surface area contributed by atoms with Crippen LogP contribution in [-0.4, -0.2) is 29.1 Å². The first kappa shape index (κ1) is 36.8. The third kappa shape index (κ3) is 6.03. The highest BCUT2D eigenvalue weighted by molar-refractivity contribution is 6.12. The predicted molar refractivity (Wildman–Crippen MR) is 251 cm³/mol. The van der Waals surface area contributed by atoms with Crippen LogP contribution in [0.2, 0.25) is 0 Å². The smallest absolute Gasteiger partial charge is 0.166 e. The zero-order valence-electron chi connectivity index (χ0n) is 34.5. The van der Waals surface area contributed by atoms with Crippen molar-refractivity contribution in [1.29, 1.82) is 5.26 Å². The summed E-state index contributed by atoms with van der Waals surface area (Å²) >= 11 is 0. The zero-order chi connectivity index (χ0) is 42.0. The molecule has 0 fully saturated rings. The van der Waals surface area contributed by atoms with E-state index in [2.05, 4.69) is 133 Å². The number of nitrogens with zero attached hydrogens (tertiary/aromatic N) is 7. The van der Waals surface area contributed by atoms with Gasteiger partial charge >= 0.3 is 0 Å². The van der Waals surface area contributed by atoms with Crippen LogP contribution in [0, 0.1) is 11.3 Å². The summed E-state index contributed by atoms with van der Waals surface area (Å²) in [4.78, 5) is 20.4. The lowest BCUT2D eigenvalue weighted by Crippen LogP contribution is -2.10. The molecule has 7 nitrogen and oxygen atoms in total. The molecule has 0 unspecified atom stereocenters. The minimum absolute atomic E-state index is 0.0678. The van der Waals surface area contributed by atoms with Crippen molar-refractivity contribution in [3.8, 4) is 62.7 Å². The highest BCUT2D eigenvalue weighted by Crippen LogP contribution is 2.45. The first-order valence-corrected chi connectivity index (χ1v) is 20.8. The maximum absolute atomic E-state index is 10.9. The van der Waals surface area contributed by atoms with Crippen LogP contribution in [-0.2, 0) is 5.41 Å². The van der Waals surface area contributed by atoms with E-state index in [4.69, 9.17) is 19.9 Å². The predicted octanol–water partition coefficient (Wildman–Crippen LogP) is 13.3. The van der Waals surface area contributed by atoms with Crippen molar-refractivity contribution in [1.82, 2.24) is 29.1 Å². The number of nitriles is 1. The van der Waals surface area contributed by atoms with Crippen LogP contribution in [0.15, 0.2) is 182 Å². The van der Waals surface area contributed by atoms with Crippen LogP contribution in [0.5, 0.6) is 0 Å². The van der Waals surface area contributed by atoms with E-state index in [-0.39, 0.29) is 5.41 Å². The third-order valence-electron chi connectivity index (χ3n) is 11.9. The van der Waals surface area contributed by atoms with Gasteiger partial charge in [0.15, 0.2) is 17.5 Å². The van der Waals surface area contributed by atoms with Crippen LogP contribution >= 0.6 is 0 Å². The van der Waals surface area contributed by atoms with E-state index in [0.717, 1.165) is 77.2 Å². The molecule has 0 spiro atoms. The Morgan fingerprint density at radius 2 is 0.968 bits per heavy atom. The second kappa shape index (κ2) is 14.5. The number of pyridine rings is 1. The molecular weight excluding hydrogens is 759 g/mol. The molecule has 0 radical (unpaired) electrons.